The average Bonchev–Trinajstić information content (AvgIpc) is 1.70. The van der Waals surface area contributed by atoms with Gasteiger partial charge in [0.2, 0.25) is 0 Å². The number of carboxylic acid groups (broad SMARTS) is 2. The van der Waals surface area contributed by atoms with E-state index in [4.69, 9.17) is 0 Å². The summed E-state index contributed by atoms with van der Waals surface area (Å²) in [6.45, 7) is 11.8. The lowest BCUT2D eigenvalue weighted by Gasteiger charge is -2.32. The van der Waals surface area contributed by atoms with Crippen LogP contribution in [0.5, 0.6) is 0 Å². The van der Waals surface area contributed by atoms with Crippen molar-refractivity contribution >= 4 is 92.3 Å². The highest BCUT2D eigenvalue weighted by molar-refractivity contribution is 6.39. The highest BCUT2D eigenvalue weighted by atomic mass is 16.4. The van der Waals surface area contributed by atoms with Crippen LogP contribution in [0.4, 0.5) is 22.7 Å². The van der Waals surface area contributed by atoms with Crippen molar-refractivity contribution in [3.63, 3.8) is 0 Å². The summed E-state index contributed by atoms with van der Waals surface area (Å²) in [5.41, 5.74) is 7.97. The van der Waals surface area contributed by atoms with Crippen molar-refractivity contribution in [3.8, 4) is 11.8 Å². The molecule has 0 fully saturated rings. The highest BCUT2D eigenvalue weighted by Gasteiger charge is 2.50. The van der Waals surface area contributed by atoms with Gasteiger partial charge < -0.3 is 24.9 Å². The number of carbonyl (C=O) groups is 8. The van der Waals surface area contributed by atoms with Crippen LogP contribution in [0.3, 0.4) is 0 Å². The average molecular weight is 1240 g/mol. The van der Waals surface area contributed by atoms with Crippen molar-refractivity contribution in [1.82, 2.24) is 14.7 Å². The van der Waals surface area contributed by atoms with Gasteiger partial charge in [0.05, 0.1) is 39.4 Å². The molecule has 7 aromatic carbocycles. The van der Waals surface area contributed by atoms with Gasteiger partial charge >= 0.3 is 11.9 Å². The molecule has 4 heterocycles. The predicted molar refractivity (Wildman–Crippen MR) is 362 cm³/mol. The van der Waals surface area contributed by atoms with E-state index < -0.39 is 35.6 Å². The van der Waals surface area contributed by atoms with Crippen LogP contribution in [0, 0.1) is 23.7 Å². The van der Waals surface area contributed by atoms with Gasteiger partial charge in [-0.3, -0.25) is 33.7 Å². The maximum absolute atomic E-state index is 15.6. The van der Waals surface area contributed by atoms with Crippen LogP contribution in [-0.4, -0.2) is 91.9 Å². The number of hydrogen-bond donors (Lipinski definition) is 2. The van der Waals surface area contributed by atoms with Crippen molar-refractivity contribution in [1.29, 1.82) is 0 Å². The first-order chi connectivity index (χ1) is 45.1. The van der Waals surface area contributed by atoms with Crippen molar-refractivity contribution in [2.45, 2.75) is 125 Å². The largest absolute Gasteiger partial charge is 0.478 e. The van der Waals surface area contributed by atoms with E-state index in [0.717, 1.165) is 88.4 Å². The molecule has 0 saturated heterocycles. The van der Waals surface area contributed by atoms with Crippen LogP contribution in [-0.2, 0) is 9.59 Å². The number of fused-ring (bicyclic) bond motifs is 1. The van der Waals surface area contributed by atoms with Gasteiger partial charge in [-0.2, -0.15) is 0 Å². The molecule has 11 rings (SSSR count). The second-order valence-corrected chi connectivity index (χ2v) is 24.6. The van der Waals surface area contributed by atoms with E-state index in [1.807, 2.05) is 63.2 Å². The summed E-state index contributed by atoms with van der Waals surface area (Å²) in [7, 11) is 0. The van der Waals surface area contributed by atoms with Gasteiger partial charge in [0.25, 0.3) is 35.4 Å². The summed E-state index contributed by atoms with van der Waals surface area (Å²) in [4.78, 5) is 119. The minimum Gasteiger partial charge on any atom is -0.478 e. The number of rotatable bonds is 27. The fraction of sp³-hybridized carbons (Fsp3) is 0.308. The molecule has 2 atom stereocenters. The van der Waals surface area contributed by atoms with Crippen molar-refractivity contribution in [3.05, 3.63) is 212 Å². The zero-order valence-electron chi connectivity index (χ0n) is 53.4. The van der Waals surface area contributed by atoms with E-state index in [1.165, 1.54) is 29.2 Å². The van der Waals surface area contributed by atoms with Crippen molar-refractivity contribution < 1.29 is 48.6 Å². The monoisotopic (exact) mass is 1240 g/mol. The molecule has 0 spiro atoms. The Balaban J connectivity index is 0.898. The smallest absolute Gasteiger partial charge is 0.335 e. The molecule has 2 unspecified atom stereocenters. The summed E-state index contributed by atoms with van der Waals surface area (Å²) in [6.07, 6.45) is 13.5. The Morgan fingerprint density at radius 1 is 0.409 bits per heavy atom. The molecule has 474 valence electrons. The minimum absolute atomic E-state index is 0.107. The maximum Gasteiger partial charge on any atom is 0.335 e. The van der Waals surface area contributed by atoms with Crippen LogP contribution in [0.15, 0.2) is 157 Å². The summed E-state index contributed by atoms with van der Waals surface area (Å²) in [5.74, 6) is 2.19. The van der Waals surface area contributed by atoms with Crippen molar-refractivity contribution in [2.24, 2.45) is 11.8 Å². The molecule has 0 aromatic heterocycles. The van der Waals surface area contributed by atoms with Gasteiger partial charge in [0, 0.05) is 80.8 Å². The third-order valence-electron chi connectivity index (χ3n) is 18.6. The molecule has 93 heavy (non-hydrogen) atoms. The number of benzene rings is 7. The molecule has 4 aliphatic heterocycles. The quantitative estimate of drug-likeness (QED) is 0.0283. The summed E-state index contributed by atoms with van der Waals surface area (Å²) >= 11 is 0. The Morgan fingerprint density at radius 3 is 1.17 bits per heavy atom. The fourth-order valence-corrected chi connectivity index (χ4v) is 13.4. The Bertz CT molecular complexity index is 4100. The van der Waals surface area contributed by atoms with E-state index in [-0.39, 0.29) is 45.9 Å². The van der Waals surface area contributed by atoms with E-state index in [9.17, 15) is 39.0 Å². The number of carboxylic acids is 2. The Hall–Kier alpha value is -10.2. The SMILES string of the molecule is CCCCCCCCN1C(=O)c2ccc3c4c(ccc(c24)C1=O)C(=O)N(c1ccc(C#Cc2ccc(C4=C5C(=O)N(CC(CC)CCCC)C(c6ccc(N(c7ccc(C(=O)O)cc7)c7ccc(C(=O)O)cc7)cc6)=C5C(=O)N4CC(CC)CCCC)cc2)cc1)C3=O. The lowest BCUT2D eigenvalue weighted by atomic mass is 9.85. The molecule has 15 nitrogen and oxygen atoms in total. The number of anilines is 4. The molecule has 15 heteroatoms. The van der Waals surface area contributed by atoms with Crippen LogP contribution < -0.4 is 9.80 Å². The van der Waals surface area contributed by atoms with Gasteiger partial charge in [-0.25, -0.2) is 14.5 Å². The van der Waals surface area contributed by atoms with Crippen LogP contribution >= 0.6 is 0 Å². The van der Waals surface area contributed by atoms with Gasteiger partial charge in [-0.05, 0) is 164 Å². The normalized spacial score (nSPS) is 15.0. The summed E-state index contributed by atoms with van der Waals surface area (Å²) < 4.78 is 0. The minimum atomic E-state index is -1.07. The first-order valence-electron chi connectivity index (χ1n) is 32.9. The first-order valence-corrected chi connectivity index (χ1v) is 32.9. The lowest BCUT2D eigenvalue weighted by molar-refractivity contribution is -0.124. The molecule has 0 saturated carbocycles. The molecule has 7 aromatic rings. The van der Waals surface area contributed by atoms with E-state index >= 15 is 9.59 Å². The molecule has 6 amide bonds. The second kappa shape index (κ2) is 28.1. The maximum atomic E-state index is 15.6. The molecule has 4 aliphatic rings. The third kappa shape index (κ3) is 12.7. The predicted octanol–water partition coefficient (Wildman–Crippen LogP) is 16.1. The van der Waals surface area contributed by atoms with Gasteiger partial charge in [0.15, 0.2) is 0 Å². The van der Waals surface area contributed by atoms with Gasteiger partial charge in [-0.1, -0.05) is 141 Å². The summed E-state index contributed by atoms with van der Waals surface area (Å²) in [5, 5.41) is 20.1. The molecular formula is C78H77N5O10. The number of aromatic carboxylic acids is 2. The van der Waals surface area contributed by atoms with E-state index in [1.54, 1.807) is 72.8 Å². The Labute approximate surface area is 543 Å². The lowest BCUT2D eigenvalue weighted by Crippen LogP contribution is -2.43. The Kier molecular flexibility index (Phi) is 19.5. The van der Waals surface area contributed by atoms with Crippen LogP contribution in [0.25, 0.3) is 22.2 Å². The highest BCUT2D eigenvalue weighted by Crippen LogP contribution is 2.49. The second-order valence-electron chi connectivity index (χ2n) is 24.6. The number of amides is 6. The van der Waals surface area contributed by atoms with Gasteiger partial charge in [-0.15, -0.1) is 0 Å². The van der Waals surface area contributed by atoms with E-state index in [2.05, 4.69) is 46.5 Å². The Morgan fingerprint density at radius 2 is 0.774 bits per heavy atom. The molecule has 2 N–H and O–H groups in total. The molecular weight excluding hydrogens is 1170 g/mol. The zero-order chi connectivity index (χ0) is 65.6. The summed E-state index contributed by atoms with van der Waals surface area (Å²) in [6, 6.07) is 41.1. The third-order valence-corrected chi connectivity index (χ3v) is 18.6. The fourth-order valence-electron chi connectivity index (χ4n) is 13.4. The molecule has 0 bridgehead atoms. The number of carbonyl (C=O) groups excluding carboxylic acids is 6. The molecule has 0 radical (unpaired) electrons. The van der Waals surface area contributed by atoms with Crippen LogP contribution in [0.2, 0.25) is 0 Å². The van der Waals surface area contributed by atoms with Crippen molar-refractivity contribution in [2.75, 3.05) is 29.4 Å². The molecule has 0 aliphatic carbocycles. The first kappa shape index (κ1) is 64.3. The zero-order valence-corrected chi connectivity index (χ0v) is 53.4. The number of unbranched alkanes of at least 4 members (excludes halogenated alkanes) is 7. The number of nitrogens with zero attached hydrogens (tertiary/aromatic N) is 5. The number of imide groups is 2. The topological polar surface area (TPSA) is 193 Å². The van der Waals surface area contributed by atoms with Crippen LogP contribution in [0.1, 0.15) is 209 Å². The van der Waals surface area contributed by atoms with Gasteiger partial charge in [0.1, 0.15) is 0 Å². The standard InChI is InChI=1S/C78H77N5O10/c1-6-11-14-15-16-17-46-79-71(84)61-42-44-63-66-64(45-43-62(65(61)66)72(79)85)74(87)83(73(63)86)60-34-24-52(25-35-60)21-20-51-22-26-53(27-23-51)69-67-68(76(89)80(69)47-49(9-4)18-12-7-2)70(81(75(67)88)48-50(10-5)19-13-8-3)54-28-36-57(37-29-54)82(58-38-30-55(31-39-58)77(90)91)59-40-32-56(33-41-59)78(92)93/h22-45,49-50H,6-19,46-48H2,1-5H3,(H,90,91)(H,92,93). The van der Waals surface area contributed by atoms with E-state index in [0.29, 0.717) is 115 Å². The number of hydrogen-bond acceptors (Lipinski definition) is 9.